The highest BCUT2D eigenvalue weighted by Gasteiger charge is 2.13. The number of carbonyl (C=O) groups is 1. The van der Waals surface area contributed by atoms with E-state index in [2.05, 4.69) is 11.9 Å². The van der Waals surface area contributed by atoms with Gasteiger partial charge in [0.15, 0.2) is 0 Å². The summed E-state index contributed by atoms with van der Waals surface area (Å²) in [4.78, 5) is 17.5. The molecule has 0 bridgehead atoms. The molecule has 0 radical (unpaired) electrons. The molecular formula is C16H20N2O2S. The van der Waals surface area contributed by atoms with Crippen molar-refractivity contribution in [3.63, 3.8) is 0 Å². The maximum absolute atomic E-state index is 11.1. The van der Waals surface area contributed by atoms with Crippen LogP contribution in [0.15, 0.2) is 29.6 Å². The number of carboxylic acids is 1. The van der Waals surface area contributed by atoms with Crippen molar-refractivity contribution in [1.82, 2.24) is 4.98 Å². The van der Waals surface area contributed by atoms with Crippen LogP contribution in [0.2, 0.25) is 0 Å². The first-order valence-electron chi connectivity index (χ1n) is 7.05. The van der Waals surface area contributed by atoms with Crippen LogP contribution in [-0.2, 0) is 17.8 Å². The first-order valence-corrected chi connectivity index (χ1v) is 7.93. The minimum Gasteiger partial charge on any atom is -0.480 e. The highest BCUT2D eigenvalue weighted by molar-refractivity contribution is 7.09. The average Bonchev–Trinajstić information content (AvgIpc) is 2.86. The quantitative estimate of drug-likeness (QED) is 0.850. The number of aromatic nitrogens is 1. The summed E-state index contributed by atoms with van der Waals surface area (Å²) in [5.74, 6) is -0.834. The molecular weight excluding hydrogens is 284 g/mol. The van der Waals surface area contributed by atoms with Crippen molar-refractivity contribution >= 4 is 23.0 Å². The van der Waals surface area contributed by atoms with Crippen LogP contribution in [0.3, 0.4) is 0 Å². The van der Waals surface area contributed by atoms with Gasteiger partial charge in [0.2, 0.25) is 0 Å². The Bertz CT molecular complexity index is 593. The molecule has 0 saturated heterocycles. The lowest BCUT2D eigenvalue weighted by molar-refractivity contribution is -0.135. The van der Waals surface area contributed by atoms with Crippen molar-refractivity contribution in [3.05, 3.63) is 45.9 Å². The summed E-state index contributed by atoms with van der Waals surface area (Å²) in [5.41, 5.74) is 3.01. The molecule has 0 amide bonds. The zero-order chi connectivity index (χ0) is 15.2. The molecule has 5 heteroatoms. The lowest BCUT2D eigenvalue weighted by Gasteiger charge is -2.22. The van der Waals surface area contributed by atoms with E-state index in [0.717, 1.165) is 34.8 Å². The monoisotopic (exact) mass is 304 g/mol. The second-order valence-electron chi connectivity index (χ2n) is 5.07. The Labute approximate surface area is 129 Å². The van der Waals surface area contributed by atoms with Crippen molar-refractivity contribution in [3.8, 4) is 0 Å². The Morgan fingerprint density at radius 3 is 2.67 bits per heavy atom. The Hall–Kier alpha value is -1.88. The van der Waals surface area contributed by atoms with Gasteiger partial charge in [-0.15, -0.1) is 11.3 Å². The van der Waals surface area contributed by atoms with Crippen LogP contribution < -0.4 is 4.90 Å². The van der Waals surface area contributed by atoms with Gasteiger partial charge in [0.05, 0.1) is 17.2 Å². The number of carboxylic acid groups (broad SMARTS) is 1. The predicted octanol–water partition coefficient (Wildman–Crippen LogP) is 3.50. The van der Waals surface area contributed by atoms with E-state index < -0.39 is 5.97 Å². The molecule has 0 aliphatic heterocycles. The van der Waals surface area contributed by atoms with Gasteiger partial charge < -0.3 is 10.0 Å². The van der Waals surface area contributed by atoms with Gasteiger partial charge in [0.1, 0.15) is 6.54 Å². The Kier molecular flexibility index (Phi) is 5.33. The van der Waals surface area contributed by atoms with Gasteiger partial charge in [-0.05, 0) is 31.9 Å². The van der Waals surface area contributed by atoms with E-state index in [9.17, 15) is 4.79 Å². The smallest absolute Gasteiger partial charge is 0.323 e. The minimum absolute atomic E-state index is 0.0241. The van der Waals surface area contributed by atoms with Crippen molar-refractivity contribution in [2.45, 2.75) is 33.2 Å². The maximum atomic E-state index is 11.1. The second-order valence-corrected chi connectivity index (χ2v) is 6.01. The molecule has 112 valence electrons. The summed E-state index contributed by atoms with van der Waals surface area (Å²) >= 11 is 1.65. The maximum Gasteiger partial charge on any atom is 0.323 e. The fraction of sp³-hybridized carbons (Fsp3) is 0.375. The van der Waals surface area contributed by atoms with Gasteiger partial charge in [0.25, 0.3) is 0 Å². The van der Waals surface area contributed by atoms with Gasteiger partial charge in [-0.1, -0.05) is 24.6 Å². The number of aliphatic carboxylic acids is 1. The predicted molar refractivity (Wildman–Crippen MR) is 86.0 cm³/mol. The number of nitrogens with zero attached hydrogens (tertiary/aromatic N) is 2. The van der Waals surface area contributed by atoms with E-state index in [0.29, 0.717) is 6.54 Å². The molecule has 21 heavy (non-hydrogen) atoms. The SMILES string of the molecule is CCCc1nc(CN(CC(=O)O)c2ccc(C)cc2)cs1. The van der Waals surface area contributed by atoms with Crippen LogP contribution in [-0.4, -0.2) is 22.6 Å². The number of anilines is 1. The Morgan fingerprint density at radius 2 is 2.05 bits per heavy atom. The number of aryl methyl sites for hydroxylation is 2. The first-order chi connectivity index (χ1) is 10.1. The average molecular weight is 304 g/mol. The fourth-order valence-electron chi connectivity index (χ4n) is 2.10. The second kappa shape index (κ2) is 7.22. The van der Waals surface area contributed by atoms with Crippen molar-refractivity contribution in [1.29, 1.82) is 0 Å². The van der Waals surface area contributed by atoms with Crippen LogP contribution in [0, 0.1) is 6.92 Å². The number of rotatable bonds is 7. The summed E-state index contributed by atoms with van der Waals surface area (Å²) in [5, 5.41) is 12.2. The van der Waals surface area contributed by atoms with E-state index in [1.54, 1.807) is 11.3 Å². The zero-order valence-electron chi connectivity index (χ0n) is 12.4. The summed E-state index contributed by atoms with van der Waals surface area (Å²) in [6.07, 6.45) is 2.05. The van der Waals surface area contributed by atoms with E-state index in [1.807, 2.05) is 41.5 Å². The third-order valence-corrected chi connectivity index (χ3v) is 4.10. The normalized spacial score (nSPS) is 10.6. The topological polar surface area (TPSA) is 53.4 Å². The molecule has 2 rings (SSSR count). The van der Waals surface area contributed by atoms with Crippen LogP contribution in [0.25, 0.3) is 0 Å². The largest absolute Gasteiger partial charge is 0.480 e. The molecule has 0 saturated carbocycles. The van der Waals surface area contributed by atoms with Crippen LogP contribution in [0.1, 0.15) is 29.6 Å². The molecule has 0 aliphatic carbocycles. The molecule has 0 atom stereocenters. The molecule has 1 aromatic heterocycles. The van der Waals surface area contributed by atoms with E-state index in [4.69, 9.17) is 5.11 Å². The third-order valence-electron chi connectivity index (χ3n) is 3.14. The number of hydrogen-bond acceptors (Lipinski definition) is 4. The molecule has 1 N–H and O–H groups in total. The van der Waals surface area contributed by atoms with E-state index >= 15 is 0 Å². The highest BCUT2D eigenvalue weighted by Crippen LogP contribution is 2.19. The van der Waals surface area contributed by atoms with Gasteiger partial charge in [-0.2, -0.15) is 0 Å². The van der Waals surface area contributed by atoms with Crippen LogP contribution in [0.5, 0.6) is 0 Å². The highest BCUT2D eigenvalue weighted by atomic mass is 32.1. The van der Waals surface area contributed by atoms with Gasteiger partial charge in [-0.25, -0.2) is 4.98 Å². The zero-order valence-corrected chi connectivity index (χ0v) is 13.2. The molecule has 0 unspecified atom stereocenters. The standard InChI is InChI=1S/C16H20N2O2S/c1-3-4-15-17-13(11-21-15)9-18(10-16(19)20)14-7-5-12(2)6-8-14/h5-8,11H,3-4,9-10H2,1-2H3,(H,19,20). The number of hydrogen-bond donors (Lipinski definition) is 1. The molecule has 1 aromatic carbocycles. The summed E-state index contributed by atoms with van der Waals surface area (Å²) in [6, 6.07) is 7.90. The number of benzene rings is 1. The molecule has 0 spiro atoms. The van der Waals surface area contributed by atoms with Crippen molar-refractivity contribution in [2.75, 3.05) is 11.4 Å². The van der Waals surface area contributed by atoms with E-state index in [-0.39, 0.29) is 6.54 Å². The summed E-state index contributed by atoms with van der Waals surface area (Å²) in [6.45, 7) is 4.64. The summed E-state index contributed by atoms with van der Waals surface area (Å²) in [7, 11) is 0. The Balaban J connectivity index is 2.15. The van der Waals surface area contributed by atoms with Crippen LogP contribution in [0.4, 0.5) is 5.69 Å². The lowest BCUT2D eigenvalue weighted by Crippen LogP contribution is -2.29. The third kappa shape index (κ3) is 4.56. The van der Waals surface area contributed by atoms with Crippen molar-refractivity contribution < 1.29 is 9.90 Å². The van der Waals surface area contributed by atoms with E-state index in [1.165, 1.54) is 0 Å². The van der Waals surface area contributed by atoms with Crippen molar-refractivity contribution in [2.24, 2.45) is 0 Å². The van der Waals surface area contributed by atoms with Crippen LogP contribution >= 0.6 is 11.3 Å². The molecule has 4 nitrogen and oxygen atoms in total. The minimum atomic E-state index is -0.834. The fourth-order valence-corrected chi connectivity index (χ4v) is 2.99. The molecule has 0 aliphatic rings. The number of thiazole rings is 1. The lowest BCUT2D eigenvalue weighted by atomic mass is 10.2. The molecule has 0 fully saturated rings. The van der Waals surface area contributed by atoms with Gasteiger partial charge in [0, 0.05) is 11.1 Å². The van der Waals surface area contributed by atoms with Gasteiger partial charge in [-0.3, -0.25) is 4.79 Å². The van der Waals surface area contributed by atoms with Gasteiger partial charge >= 0.3 is 5.97 Å². The molecule has 2 aromatic rings. The summed E-state index contributed by atoms with van der Waals surface area (Å²) < 4.78 is 0. The Morgan fingerprint density at radius 1 is 1.33 bits per heavy atom. The molecule has 1 heterocycles. The first kappa shape index (κ1) is 15.5.